The fraction of sp³-hybridized carbons (Fsp3) is 0.238. The fourth-order valence-electron chi connectivity index (χ4n) is 2.72. The Morgan fingerprint density at radius 2 is 1.93 bits per heavy atom. The second kappa shape index (κ2) is 8.72. The smallest absolute Gasteiger partial charge is 0.274 e. The van der Waals surface area contributed by atoms with E-state index in [0.29, 0.717) is 17.1 Å². The van der Waals surface area contributed by atoms with Crippen molar-refractivity contribution in [3.63, 3.8) is 0 Å². The summed E-state index contributed by atoms with van der Waals surface area (Å²) >= 11 is 0. The van der Waals surface area contributed by atoms with Gasteiger partial charge in [-0.25, -0.2) is 8.78 Å². The molecule has 3 rings (SSSR count). The van der Waals surface area contributed by atoms with Crippen molar-refractivity contribution in [2.45, 2.75) is 26.5 Å². The topological polar surface area (TPSA) is 73.6 Å². The molecule has 1 unspecified atom stereocenters. The molecule has 0 saturated carbocycles. The minimum atomic E-state index is -0.835. The maximum absolute atomic E-state index is 13.8. The lowest BCUT2D eigenvalue weighted by Crippen LogP contribution is -2.28. The van der Waals surface area contributed by atoms with E-state index in [4.69, 9.17) is 14.0 Å². The molecule has 3 aromatic rings. The Labute approximate surface area is 166 Å². The highest BCUT2D eigenvalue weighted by molar-refractivity contribution is 5.94. The lowest BCUT2D eigenvalue weighted by Gasteiger charge is -2.14. The van der Waals surface area contributed by atoms with Crippen LogP contribution in [-0.2, 0) is 6.61 Å². The first kappa shape index (κ1) is 20.3. The standard InChI is InChI=1S/C21H20F2N2O4/c1-12(14-4-7-16(27-3)8-5-14)24-21(26)20-17(13(2)29-25-20)11-28-19-9-6-15(22)10-18(19)23/h4-10,12H,11H2,1-3H3,(H,24,26). The van der Waals surface area contributed by atoms with Crippen LogP contribution in [0.5, 0.6) is 11.5 Å². The van der Waals surface area contributed by atoms with Crippen LogP contribution in [0.2, 0.25) is 0 Å². The van der Waals surface area contributed by atoms with E-state index in [1.807, 2.05) is 19.1 Å². The van der Waals surface area contributed by atoms with Crippen molar-refractivity contribution in [2.24, 2.45) is 0 Å². The lowest BCUT2D eigenvalue weighted by atomic mass is 10.1. The SMILES string of the molecule is COc1ccc(C(C)NC(=O)c2noc(C)c2COc2ccc(F)cc2F)cc1. The van der Waals surface area contributed by atoms with Crippen LogP contribution in [0.4, 0.5) is 8.78 Å². The number of aromatic nitrogens is 1. The quantitative estimate of drug-likeness (QED) is 0.636. The molecule has 6 nitrogen and oxygen atoms in total. The first-order valence-electron chi connectivity index (χ1n) is 8.87. The highest BCUT2D eigenvalue weighted by Gasteiger charge is 2.22. The number of nitrogens with one attached hydrogen (secondary N) is 1. The Kier molecular flexibility index (Phi) is 6.11. The molecule has 2 aromatic carbocycles. The number of benzene rings is 2. The van der Waals surface area contributed by atoms with E-state index in [1.54, 1.807) is 26.2 Å². The van der Waals surface area contributed by atoms with Gasteiger partial charge in [-0.15, -0.1) is 0 Å². The summed E-state index contributed by atoms with van der Waals surface area (Å²) in [6.45, 7) is 3.30. The Hall–Kier alpha value is -3.42. The molecule has 29 heavy (non-hydrogen) atoms. The molecule has 0 radical (unpaired) electrons. The second-order valence-electron chi connectivity index (χ2n) is 6.40. The molecule has 0 bridgehead atoms. The highest BCUT2D eigenvalue weighted by atomic mass is 19.1. The van der Waals surface area contributed by atoms with Crippen molar-refractivity contribution in [3.05, 3.63) is 76.7 Å². The van der Waals surface area contributed by atoms with Gasteiger partial charge in [-0.2, -0.15) is 0 Å². The third-order valence-corrected chi connectivity index (χ3v) is 4.43. The number of rotatable bonds is 7. The van der Waals surface area contributed by atoms with Crippen molar-refractivity contribution in [1.29, 1.82) is 0 Å². The molecule has 1 heterocycles. The molecule has 0 spiro atoms. The van der Waals surface area contributed by atoms with E-state index in [9.17, 15) is 13.6 Å². The maximum Gasteiger partial charge on any atom is 0.274 e. The lowest BCUT2D eigenvalue weighted by molar-refractivity contribution is 0.0928. The van der Waals surface area contributed by atoms with Crippen LogP contribution in [0.15, 0.2) is 47.0 Å². The van der Waals surface area contributed by atoms with Gasteiger partial charge in [0.15, 0.2) is 17.3 Å². The van der Waals surface area contributed by atoms with E-state index >= 15 is 0 Å². The minimum absolute atomic E-state index is 0.0466. The summed E-state index contributed by atoms with van der Waals surface area (Å²) < 4.78 is 42.4. The van der Waals surface area contributed by atoms with Gasteiger partial charge in [0.1, 0.15) is 23.9 Å². The monoisotopic (exact) mass is 402 g/mol. The zero-order valence-electron chi connectivity index (χ0n) is 16.2. The molecule has 1 amide bonds. The van der Waals surface area contributed by atoms with Crippen LogP contribution in [0.25, 0.3) is 0 Å². The molecular formula is C21H20F2N2O4. The number of aryl methyl sites for hydroxylation is 1. The van der Waals surface area contributed by atoms with Gasteiger partial charge in [0.05, 0.1) is 18.7 Å². The number of nitrogens with zero attached hydrogens (tertiary/aromatic N) is 1. The number of halogens is 2. The van der Waals surface area contributed by atoms with Crippen molar-refractivity contribution < 1.29 is 27.6 Å². The molecule has 1 N–H and O–H groups in total. The third kappa shape index (κ3) is 4.71. The van der Waals surface area contributed by atoms with Crippen LogP contribution in [0.3, 0.4) is 0 Å². The van der Waals surface area contributed by atoms with Crippen LogP contribution in [-0.4, -0.2) is 18.2 Å². The average Bonchev–Trinajstić information content (AvgIpc) is 3.08. The summed E-state index contributed by atoms with van der Waals surface area (Å²) in [6.07, 6.45) is 0. The largest absolute Gasteiger partial charge is 0.497 e. The first-order chi connectivity index (χ1) is 13.9. The number of carbonyl (C=O) groups is 1. The Bertz CT molecular complexity index is 1000. The Balaban J connectivity index is 1.71. The molecule has 0 fully saturated rings. The summed E-state index contributed by atoms with van der Waals surface area (Å²) in [5.74, 6) is -1.04. The van der Waals surface area contributed by atoms with Gasteiger partial charge in [-0.1, -0.05) is 17.3 Å². The van der Waals surface area contributed by atoms with Crippen LogP contribution in [0, 0.1) is 18.6 Å². The van der Waals surface area contributed by atoms with Gasteiger partial charge in [0.2, 0.25) is 0 Å². The van der Waals surface area contributed by atoms with Crippen molar-refractivity contribution in [1.82, 2.24) is 10.5 Å². The van der Waals surface area contributed by atoms with Crippen molar-refractivity contribution in [3.8, 4) is 11.5 Å². The van der Waals surface area contributed by atoms with E-state index in [2.05, 4.69) is 10.5 Å². The summed E-state index contributed by atoms with van der Waals surface area (Å²) in [6, 6.07) is 9.98. The predicted molar refractivity (Wildman–Crippen MR) is 101 cm³/mol. The van der Waals surface area contributed by atoms with Gasteiger partial charge in [0.25, 0.3) is 5.91 Å². The summed E-state index contributed by atoms with van der Waals surface area (Å²) in [5.41, 5.74) is 1.31. The average molecular weight is 402 g/mol. The van der Waals surface area contributed by atoms with E-state index in [-0.39, 0.29) is 24.1 Å². The molecule has 0 aliphatic heterocycles. The Morgan fingerprint density at radius 1 is 1.21 bits per heavy atom. The van der Waals surface area contributed by atoms with Gasteiger partial charge < -0.3 is 19.3 Å². The second-order valence-corrected chi connectivity index (χ2v) is 6.40. The number of carbonyl (C=O) groups excluding carboxylic acids is 1. The zero-order valence-corrected chi connectivity index (χ0v) is 16.2. The van der Waals surface area contributed by atoms with Crippen LogP contribution >= 0.6 is 0 Å². The summed E-state index contributed by atoms with van der Waals surface area (Å²) in [5, 5.41) is 6.64. The molecule has 1 atom stereocenters. The van der Waals surface area contributed by atoms with Crippen molar-refractivity contribution in [2.75, 3.05) is 7.11 Å². The number of ether oxygens (including phenoxy) is 2. The first-order valence-corrected chi connectivity index (χ1v) is 8.87. The van der Waals surface area contributed by atoms with Gasteiger partial charge in [-0.3, -0.25) is 4.79 Å². The van der Waals surface area contributed by atoms with E-state index in [0.717, 1.165) is 17.7 Å². The molecule has 0 aliphatic rings. The molecule has 152 valence electrons. The number of hydrogen-bond acceptors (Lipinski definition) is 5. The molecule has 8 heteroatoms. The van der Waals surface area contributed by atoms with Gasteiger partial charge in [-0.05, 0) is 43.7 Å². The number of methoxy groups -OCH3 is 1. The normalized spacial score (nSPS) is 11.8. The third-order valence-electron chi connectivity index (χ3n) is 4.43. The minimum Gasteiger partial charge on any atom is -0.497 e. The van der Waals surface area contributed by atoms with Crippen LogP contribution in [0.1, 0.15) is 40.3 Å². The molecular weight excluding hydrogens is 382 g/mol. The predicted octanol–water partition coefficient (Wildman–Crippen LogP) is 4.34. The number of amides is 1. The molecule has 0 aliphatic carbocycles. The molecule has 1 aromatic heterocycles. The Morgan fingerprint density at radius 3 is 2.59 bits per heavy atom. The van der Waals surface area contributed by atoms with Crippen molar-refractivity contribution >= 4 is 5.91 Å². The van der Waals surface area contributed by atoms with Gasteiger partial charge in [0, 0.05) is 6.07 Å². The number of hydrogen-bond donors (Lipinski definition) is 1. The van der Waals surface area contributed by atoms with Gasteiger partial charge >= 0.3 is 0 Å². The highest BCUT2D eigenvalue weighted by Crippen LogP contribution is 2.22. The van der Waals surface area contributed by atoms with E-state index < -0.39 is 17.5 Å². The fourth-order valence-corrected chi connectivity index (χ4v) is 2.72. The zero-order chi connectivity index (χ0) is 21.0. The van der Waals surface area contributed by atoms with E-state index in [1.165, 1.54) is 6.07 Å². The summed E-state index contributed by atoms with van der Waals surface area (Å²) in [7, 11) is 1.58. The van der Waals surface area contributed by atoms with Crippen LogP contribution < -0.4 is 14.8 Å². The maximum atomic E-state index is 13.8. The summed E-state index contributed by atoms with van der Waals surface area (Å²) in [4.78, 5) is 12.7. The molecule has 0 saturated heterocycles.